The number of hydrogen-bond donors (Lipinski definition) is 2. The van der Waals surface area contributed by atoms with Crippen LogP contribution in [0.3, 0.4) is 0 Å². The average molecular weight is 354 g/mol. The lowest BCUT2D eigenvalue weighted by atomic mass is 10.2. The first kappa shape index (κ1) is 16.7. The van der Waals surface area contributed by atoms with E-state index < -0.39 is 0 Å². The van der Waals surface area contributed by atoms with Gasteiger partial charge in [0.2, 0.25) is 0 Å². The number of nitrogens with one attached hydrogen (secondary N) is 2. The van der Waals surface area contributed by atoms with Gasteiger partial charge >= 0.3 is 0 Å². The number of benzene rings is 1. The maximum absolute atomic E-state index is 12.3. The zero-order valence-electron chi connectivity index (χ0n) is 13.2. The van der Waals surface area contributed by atoms with Gasteiger partial charge in [-0.1, -0.05) is 6.07 Å². The molecule has 2 N–H and O–H groups in total. The van der Waals surface area contributed by atoms with E-state index in [0.717, 1.165) is 11.3 Å². The molecule has 0 aliphatic carbocycles. The largest absolute Gasteiger partial charge is 0.459 e. The molecule has 0 spiro atoms. The zero-order chi connectivity index (χ0) is 17.8. The fourth-order valence-corrected chi connectivity index (χ4v) is 2.91. The Balaban J connectivity index is 1.69. The van der Waals surface area contributed by atoms with Crippen LogP contribution in [0.5, 0.6) is 0 Å². The van der Waals surface area contributed by atoms with Crippen molar-refractivity contribution in [2.75, 3.05) is 10.6 Å². The Morgan fingerprint density at radius 2 is 1.56 bits per heavy atom. The monoisotopic (exact) mass is 354 g/mol. The van der Waals surface area contributed by atoms with Gasteiger partial charge in [-0.3, -0.25) is 14.4 Å². The summed E-state index contributed by atoms with van der Waals surface area (Å²) in [6, 6.07) is 13.2. The van der Waals surface area contributed by atoms with Crippen LogP contribution in [0.2, 0.25) is 0 Å². The molecular formula is C18H14N2O4S. The van der Waals surface area contributed by atoms with E-state index >= 15 is 0 Å². The van der Waals surface area contributed by atoms with Gasteiger partial charge in [0.1, 0.15) is 0 Å². The molecule has 7 heteroatoms. The van der Waals surface area contributed by atoms with E-state index in [1.807, 2.05) is 0 Å². The average Bonchev–Trinajstić information content (AvgIpc) is 3.27. The van der Waals surface area contributed by atoms with Crippen molar-refractivity contribution in [2.24, 2.45) is 0 Å². The summed E-state index contributed by atoms with van der Waals surface area (Å²) in [4.78, 5) is 36.5. The minimum Gasteiger partial charge on any atom is -0.459 e. The molecule has 0 saturated carbocycles. The molecule has 3 rings (SSSR count). The summed E-state index contributed by atoms with van der Waals surface area (Å²) in [7, 11) is 0. The van der Waals surface area contributed by atoms with Gasteiger partial charge in [-0.15, -0.1) is 11.3 Å². The molecule has 126 valence electrons. The number of rotatable bonds is 5. The van der Waals surface area contributed by atoms with Gasteiger partial charge in [0.05, 0.1) is 16.0 Å². The lowest BCUT2D eigenvalue weighted by Gasteiger charge is -2.07. The molecular weight excluding hydrogens is 340 g/mol. The van der Waals surface area contributed by atoms with E-state index in [1.54, 1.807) is 48.5 Å². The van der Waals surface area contributed by atoms with Crippen molar-refractivity contribution in [3.8, 4) is 0 Å². The smallest absolute Gasteiger partial charge is 0.291 e. The van der Waals surface area contributed by atoms with Gasteiger partial charge in [-0.05, 0) is 49.4 Å². The van der Waals surface area contributed by atoms with E-state index in [1.165, 1.54) is 13.2 Å². The lowest BCUT2D eigenvalue weighted by Crippen LogP contribution is -2.12. The number of amides is 2. The van der Waals surface area contributed by atoms with Crippen molar-refractivity contribution >= 4 is 40.3 Å². The van der Waals surface area contributed by atoms with Crippen LogP contribution >= 0.6 is 11.3 Å². The topological polar surface area (TPSA) is 88.4 Å². The molecule has 0 aliphatic heterocycles. The van der Waals surface area contributed by atoms with E-state index in [9.17, 15) is 14.4 Å². The molecule has 0 unspecified atom stereocenters. The van der Waals surface area contributed by atoms with Crippen LogP contribution in [0, 0.1) is 0 Å². The van der Waals surface area contributed by atoms with Crippen LogP contribution in [0.25, 0.3) is 0 Å². The highest BCUT2D eigenvalue weighted by molar-refractivity contribution is 7.16. The normalized spacial score (nSPS) is 10.3. The highest BCUT2D eigenvalue weighted by Crippen LogP contribution is 2.21. The Hall–Kier alpha value is -3.19. The Morgan fingerprint density at radius 1 is 0.880 bits per heavy atom. The van der Waals surface area contributed by atoms with Crippen LogP contribution in [0.15, 0.2) is 59.2 Å². The minimum atomic E-state index is -0.377. The zero-order valence-corrected chi connectivity index (χ0v) is 14.1. The first-order valence-electron chi connectivity index (χ1n) is 7.40. The Morgan fingerprint density at radius 3 is 2.16 bits per heavy atom. The molecule has 0 fully saturated rings. The van der Waals surface area contributed by atoms with Crippen molar-refractivity contribution in [3.05, 3.63) is 70.3 Å². The van der Waals surface area contributed by atoms with Crippen molar-refractivity contribution in [2.45, 2.75) is 6.92 Å². The number of thiophene rings is 1. The molecule has 0 aliphatic rings. The van der Waals surface area contributed by atoms with Gasteiger partial charge < -0.3 is 15.1 Å². The SMILES string of the molecule is CC(=O)c1ccc(C(=O)Nc2cccc(NC(=O)c3ccco3)c2)s1. The lowest BCUT2D eigenvalue weighted by molar-refractivity contribution is 0.0993. The maximum atomic E-state index is 12.3. The summed E-state index contributed by atoms with van der Waals surface area (Å²) >= 11 is 1.14. The van der Waals surface area contributed by atoms with Crippen molar-refractivity contribution in [1.82, 2.24) is 0 Å². The third kappa shape index (κ3) is 4.02. The summed E-state index contributed by atoms with van der Waals surface area (Å²) in [5, 5.41) is 5.44. The van der Waals surface area contributed by atoms with Gasteiger partial charge in [-0.25, -0.2) is 0 Å². The predicted octanol–water partition coefficient (Wildman–Crippen LogP) is 4.05. The van der Waals surface area contributed by atoms with Crippen molar-refractivity contribution in [1.29, 1.82) is 0 Å². The number of anilines is 2. The summed E-state index contributed by atoms with van der Waals surface area (Å²) in [5.74, 6) is -0.568. The highest BCUT2D eigenvalue weighted by Gasteiger charge is 2.13. The van der Waals surface area contributed by atoms with Crippen LogP contribution in [-0.2, 0) is 0 Å². The quantitative estimate of drug-likeness (QED) is 0.677. The first-order chi connectivity index (χ1) is 12.0. The van der Waals surface area contributed by atoms with Crippen molar-refractivity contribution < 1.29 is 18.8 Å². The maximum Gasteiger partial charge on any atom is 0.291 e. The van der Waals surface area contributed by atoms with Gasteiger partial charge in [0.15, 0.2) is 11.5 Å². The second-order valence-corrected chi connectivity index (χ2v) is 6.27. The van der Waals surface area contributed by atoms with Crippen LogP contribution in [-0.4, -0.2) is 17.6 Å². The van der Waals surface area contributed by atoms with Crippen LogP contribution in [0.4, 0.5) is 11.4 Å². The van der Waals surface area contributed by atoms with Crippen LogP contribution in [0.1, 0.15) is 36.8 Å². The third-order valence-electron chi connectivity index (χ3n) is 3.30. The number of carbonyl (C=O) groups excluding carboxylic acids is 3. The van der Waals surface area contributed by atoms with E-state index in [4.69, 9.17) is 4.42 Å². The molecule has 0 atom stereocenters. The number of ketones is 1. The molecule has 2 amide bonds. The second kappa shape index (κ2) is 7.14. The Kier molecular flexibility index (Phi) is 4.76. The fraction of sp³-hybridized carbons (Fsp3) is 0.0556. The molecule has 3 aromatic rings. The van der Waals surface area contributed by atoms with E-state index in [2.05, 4.69) is 10.6 Å². The Bertz CT molecular complexity index is 928. The summed E-state index contributed by atoms with van der Waals surface area (Å²) in [5.41, 5.74) is 1.05. The van der Waals surface area contributed by atoms with E-state index in [0.29, 0.717) is 21.1 Å². The molecule has 0 bridgehead atoms. The number of furan rings is 1. The standard InChI is InChI=1S/C18H14N2O4S/c1-11(21)15-7-8-16(25-15)18(23)20-13-5-2-4-12(10-13)19-17(22)14-6-3-9-24-14/h2-10H,1H3,(H,19,22)(H,20,23). The molecule has 6 nitrogen and oxygen atoms in total. The number of carbonyl (C=O) groups is 3. The third-order valence-corrected chi connectivity index (χ3v) is 4.48. The van der Waals surface area contributed by atoms with Crippen LogP contribution < -0.4 is 10.6 Å². The summed E-state index contributed by atoms with van der Waals surface area (Å²) < 4.78 is 5.03. The minimum absolute atomic E-state index is 0.0771. The van der Waals surface area contributed by atoms with E-state index in [-0.39, 0.29) is 23.4 Å². The molecule has 2 heterocycles. The van der Waals surface area contributed by atoms with Gasteiger partial charge in [0, 0.05) is 11.4 Å². The molecule has 25 heavy (non-hydrogen) atoms. The number of hydrogen-bond acceptors (Lipinski definition) is 5. The number of Topliss-reactive ketones (excluding diaryl/α,β-unsaturated/α-hetero) is 1. The van der Waals surface area contributed by atoms with Gasteiger partial charge in [0.25, 0.3) is 11.8 Å². The summed E-state index contributed by atoms with van der Waals surface area (Å²) in [6.45, 7) is 1.46. The molecule has 1 aromatic carbocycles. The highest BCUT2D eigenvalue weighted by atomic mass is 32.1. The van der Waals surface area contributed by atoms with Gasteiger partial charge in [-0.2, -0.15) is 0 Å². The molecule has 2 aromatic heterocycles. The Labute approximate surface area is 147 Å². The molecule has 0 saturated heterocycles. The van der Waals surface area contributed by atoms with Crippen molar-refractivity contribution in [3.63, 3.8) is 0 Å². The first-order valence-corrected chi connectivity index (χ1v) is 8.21. The molecule has 0 radical (unpaired) electrons. The predicted molar refractivity (Wildman–Crippen MR) is 95.4 cm³/mol. The second-order valence-electron chi connectivity index (χ2n) is 5.19. The fourth-order valence-electron chi connectivity index (χ4n) is 2.12. The summed E-state index contributed by atoms with van der Waals surface area (Å²) in [6.07, 6.45) is 1.42.